The molecule has 0 aliphatic heterocycles. The van der Waals surface area contributed by atoms with Crippen molar-refractivity contribution in [1.29, 1.82) is 0 Å². The van der Waals surface area contributed by atoms with Crippen molar-refractivity contribution < 1.29 is 9.53 Å². The van der Waals surface area contributed by atoms with Crippen molar-refractivity contribution >= 4 is 33.2 Å². The zero-order chi connectivity index (χ0) is 12.0. The fourth-order valence-corrected chi connectivity index (χ4v) is 2.74. The van der Waals surface area contributed by atoms with Crippen LogP contribution in [0.4, 0.5) is 0 Å². The smallest absolute Gasteiger partial charge is 0.261 e. The van der Waals surface area contributed by atoms with E-state index in [4.69, 9.17) is 4.74 Å². The number of nitrogens with one attached hydrogen (secondary N) is 1. The van der Waals surface area contributed by atoms with Gasteiger partial charge in [-0.25, -0.2) is 0 Å². The average Bonchev–Trinajstić information content (AvgIpc) is 2.75. The standard InChI is InChI=1S/C11H16BrNO2S/c1-8(3-4-12)6-13-11(14)10-5-9(15-2)7-16-10/h5,7-8H,3-4,6H2,1-2H3,(H,13,14). The van der Waals surface area contributed by atoms with Gasteiger partial charge >= 0.3 is 0 Å². The lowest BCUT2D eigenvalue weighted by Gasteiger charge is -2.09. The van der Waals surface area contributed by atoms with Crippen molar-refractivity contribution in [3.8, 4) is 5.75 Å². The number of thiophene rings is 1. The minimum absolute atomic E-state index is 0.0188. The highest BCUT2D eigenvalue weighted by atomic mass is 79.9. The highest BCUT2D eigenvalue weighted by molar-refractivity contribution is 9.09. The molecule has 0 aliphatic carbocycles. The van der Waals surface area contributed by atoms with Gasteiger partial charge in [0, 0.05) is 23.3 Å². The molecule has 1 N–H and O–H groups in total. The molecule has 1 amide bonds. The van der Waals surface area contributed by atoms with Crippen molar-refractivity contribution in [1.82, 2.24) is 5.32 Å². The topological polar surface area (TPSA) is 38.3 Å². The third-order valence-corrected chi connectivity index (χ3v) is 3.61. The number of amides is 1. The Balaban J connectivity index is 2.40. The molecule has 0 saturated heterocycles. The number of hydrogen-bond donors (Lipinski definition) is 1. The monoisotopic (exact) mass is 305 g/mol. The van der Waals surface area contributed by atoms with Crippen LogP contribution in [0.1, 0.15) is 23.0 Å². The molecule has 90 valence electrons. The van der Waals surface area contributed by atoms with Crippen molar-refractivity contribution in [2.45, 2.75) is 13.3 Å². The van der Waals surface area contributed by atoms with Gasteiger partial charge in [0.05, 0.1) is 12.0 Å². The van der Waals surface area contributed by atoms with Crippen LogP contribution in [0.2, 0.25) is 0 Å². The lowest BCUT2D eigenvalue weighted by molar-refractivity contribution is 0.0952. The van der Waals surface area contributed by atoms with Crippen LogP contribution in [0, 0.1) is 5.92 Å². The Hall–Kier alpha value is -0.550. The SMILES string of the molecule is COc1csc(C(=O)NCC(C)CCBr)c1. The van der Waals surface area contributed by atoms with Crippen molar-refractivity contribution in [3.05, 3.63) is 16.3 Å². The van der Waals surface area contributed by atoms with E-state index in [1.165, 1.54) is 11.3 Å². The Labute approximate surface area is 108 Å². The number of ether oxygens (including phenoxy) is 1. The summed E-state index contributed by atoms with van der Waals surface area (Å²) in [5.41, 5.74) is 0. The first kappa shape index (κ1) is 13.5. The van der Waals surface area contributed by atoms with Crippen LogP contribution < -0.4 is 10.1 Å². The van der Waals surface area contributed by atoms with Gasteiger partial charge in [0.15, 0.2) is 0 Å². The second-order valence-electron chi connectivity index (χ2n) is 3.64. The first-order chi connectivity index (χ1) is 7.67. The summed E-state index contributed by atoms with van der Waals surface area (Å²) in [5, 5.41) is 5.72. The van der Waals surface area contributed by atoms with E-state index in [0.29, 0.717) is 17.3 Å². The van der Waals surface area contributed by atoms with Crippen molar-refractivity contribution in [2.24, 2.45) is 5.92 Å². The fourth-order valence-electron chi connectivity index (χ4n) is 1.19. The molecule has 0 bridgehead atoms. The summed E-state index contributed by atoms with van der Waals surface area (Å²) in [6.07, 6.45) is 1.06. The van der Waals surface area contributed by atoms with Gasteiger partial charge in [-0.3, -0.25) is 4.79 Å². The molecule has 1 atom stereocenters. The minimum Gasteiger partial charge on any atom is -0.496 e. The molecule has 0 spiro atoms. The van der Waals surface area contributed by atoms with Gasteiger partial charge in [-0.05, 0) is 12.3 Å². The fraction of sp³-hybridized carbons (Fsp3) is 0.545. The van der Waals surface area contributed by atoms with Gasteiger partial charge in [0.1, 0.15) is 5.75 Å². The largest absolute Gasteiger partial charge is 0.496 e. The summed E-state index contributed by atoms with van der Waals surface area (Å²) < 4.78 is 5.03. The van der Waals surface area contributed by atoms with E-state index in [2.05, 4.69) is 28.2 Å². The number of carbonyl (C=O) groups is 1. The van der Waals surface area contributed by atoms with Crippen LogP contribution in [-0.4, -0.2) is 24.9 Å². The molecule has 1 heterocycles. The van der Waals surface area contributed by atoms with Crippen LogP contribution in [0.5, 0.6) is 5.75 Å². The number of halogens is 1. The summed E-state index contributed by atoms with van der Waals surface area (Å²) in [7, 11) is 1.60. The highest BCUT2D eigenvalue weighted by Crippen LogP contribution is 2.20. The third kappa shape index (κ3) is 4.14. The zero-order valence-corrected chi connectivity index (χ0v) is 11.9. The van der Waals surface area contributed by atoms with Crippen LogP contribution in [0.3, 0.4) is 0 Å². The first-order valence-electron chi connectivity index (χ1n) is 5.14. The second-order valence-corrected chi connectivity index (χ2v) is 5.35. The number of methoxy groups -OCH3 is 1. The van der Waals surface area contributed by atoms with Crippen LogP contribution in [0.25, 0.3) is 0 Å². The molecule has 1 rings (SSSR count). The zero-order valence-electron chi connectivity index (χ0n) is 9.46. The summed E-state index contributed by atoms with van der Waals surface area (Å²) in [6.45, 7) is 2.83. The van der Waals surface area contributed by atoms with E-state index in [1.54, 1.807) is 13.2 Å². The molecule has 0 saturated carbocycles. The predicted octanol–water partition coefficient (Wildman–Crippen LogP) is 2.91. The number of hydrogen-bond acceptors (Lipinski definition) is 3. The van der Waals surface area contributed by atoms with E-state index in [9.17, 15) is 4.79 Å². The maximum atomic E-state index is 11.7. The number of alkyl halides is 1. The van der Waals surface area contributed by atoms with Gasteiger partial charge in [0.25, 0.3) is 5.91 Å². The maximum absolute atomic E-state index is 11.7. The second kappa shape index (κ2) is 6.91. The van der Waals surface area contributed by atoms with Crippen LogP contribution >= 0.6 is 27.3 Å². The third-order valence-electron chi connectivity index (χ3n) is 2.25. The molecule has 1 aromatic rings. The Morgan fingerprint density at radius 3 is 3.00 bits per heavy atom. The van der Waals surface area contributed by atoms with E-state index >= 15 is 0 Å². The average molecular weight is 306 g/mol. The Kier molecular flexibility index (Phi) is 5.84. The summed E-state index contributed by atoms with van der Waals surface area (Å²) in [5.74, 6) is 1.21. The minimum atomic E-state index is -0.0188. The molecule has 1 aromatic heterocycles. The normalized spacial score (nSPS) is 12.2. The van der Waals surface area contributed by atoms with Crippen LogP contribution in [0.15, 0.2) is 11.4 Å². The predicted molar refractivity (Wildman–Crippen MR) is 70.8 cm³/mol. The van der Waals surface area contributed by atoms with Crippen LogP contribution in [-0.2, 0) is 0 Å². The molecule has 3 nitrogen and oxygen atoms in total. The van der Waals surface area contributed by atoms with E-state index < -0.39 is 0 Å². The molecular formula is C11H16BrNO2S. The molecule has 5 heteroatoms. The molecule has 0 radical (unpaired) electrons. The lowest BCUT2D eigenvalue weighted by Crippen LogP contribution is -2.27. The number of carbonyl (C=O) groups excluding carboxylic acids is 1. The maximum Gasteiger partial charge on any atom is 0.261 e. The van der Waals surface area contributed by atoms with E-state index in [0.717, 1.165) is 17.5 Å². The molecule has 0 fully saturated rings. The Morgan fingerprint density at radius 2 is 2.44 bits per heavy atom. The van der Waals surface area contributed by atoms with Crippen molar-refractivity contribution in [3.63, 3.8) is 0 Å². The van der Waals surface area contributed by atoms with Gasteiger partial charge in [-0.15, -0.1) is 11.3 Å². The summed E-state index contributed by atoms with van der Waals surface area (Å²) in [6, 6.07) is 1.76. The molecule has 0 aliphatic rings. The van der Waals surface area contributed by atoms with Crippen molar-refractivity contribution in [2.75, 3.05) is 19.0 Å². The lowest BCUT2D eigenvalue weighted by atomic mass is 10.1. The van der Waals surface area contributed by atoms with Gasteiger partial charge in [-0.2, -0.15) is 0 Å². The molecule has 16 heavy (non-hydrogen) atoms. The molecule has 0 aromatic carbocycles. The summed E-state index contributed by atoms with van der Waals surface area (Å²) in [4.78, 5) is 12.4. The quantitative estimate of drug-likeness (QED) is 0.821. The van der Waals surface area contributed by atoms with E-state index in [1.807, 2.05) is 5.38 Å². The Morgan fingerprint density at radius 1 is 1.69 bits per heavy atom. The molecule has 1 unspecified atom stereocenters. The van der Waals surface area contributed by atoms with E-state index in [-0.39, 0.29) is 5.91 Å². The number of rotatable bonds is 6. The van der Waals surface area contributed by atoms with Gasteiger partial charge in [-0.1, -0.05) is 22.9 Å². The summed E-state index contributed by atoms with van der Waals surface area (Å²) >= 11 is 4.79. The first-order valence-corrected chi connectivity index (χ1v) is 7.14. The van der Waals surface area contributed by atoms with Gasteiger partial charge in [0.2, 0.25) is 0 Å². The Bertz CT molecular complexity index is 340. The molecular weight excluding hydrogens is 290 g/mol. The highest BCUT2D eigenvalue weighted by Gasteiger charge is 2.10. The van der Waals surface area contributed by atoms with Gasteiger partial charge < -0.3 is 10.1 Å².